The lowest BCUT2D eigenvalue weighted by Gasteiger charge is -2.28. The van der Waals surface area contributed by atoms with E-state index in [0.29, 0.717) is 13.3 Å². The number of nitrogens with one attached hydrogen (secondary N) is 1. The SMILES string of the molecule is COCOC1CCN(NCCF)C1CCc1ccccc1. The van der Waals surface area contributed by atoms with Crippen LogP contribution in [0, 0.1) is 0 Å². The van der Waals surface area contributed by atoms with Crippen molar-refractivity contribution < 1.29 is 13.9 Å². The molecule has 4 nitrogen and oxygen atoms in total. The van der Waals surface area contributed by atoms with E-state index < -0.39 is 0 Å². The molecule has 2 unspecified atom stereocenters. The fourth-order valence-electron chi connectivity index (χ4n) is 2.86. The lowest BCUT2D eigenvalue weighted by molar-refractivity contribution is -0.0846. The van der Waals surface area contributed by atoms with Gasteiger partial charge in [0.1, 0.15) is 13.5 Å². The zero-order valence-corrected chi connectivity index (χ0v) is 12.6. The predicted octanol–water partition coefficient (Wildman–Crippen LogP) is 2.16. The van der Waals surface area contributed by atoms with Crippen molar-refractivity contribution >= 4 is 0 Å². The number of hydrazine groups is 1. The van der Waals surface area contributed by atoms with Crippen LogP contribution in [-0.4, -0.2) is 50.8 Å². The largest absolute Gasteiger partial charge is 0.359 e. The molecule has 1 N–H and O–H groups in total. The average Bonchev–Trinajstić information content (AvgIpc) is 2.91. The number of benzene rings is 1. The monoisotopic (exact) mass is 296 g/mol. The Hall–Kier alpha value is -1.01. The summed E-state index contributed by atoms with van der Waals surface area (Å²) < 4.78 is 23.2. The molecule has 2 rings (SSSR count). The summed E-state index contributed by atoms with van der Waals surface area (Å²) in [5.41, 5.74) is 4.48. The van der Waals surface area contributed by atoms with Crippen LogP contribution in [0.25, 0.3) is 0 Å². The normalized spacial score (nSPS) is 22.8. The maximum absolute atomic E-state index is 12.4. The van der Waals surface area contributed by atoms with Crippen LogP contribution in [0.5, 0.6) is 0 Å². The number of methoxy groups -OCH3 is 1. The van der Waals surface area contributed by atoms with Crippen molar-refractivity contribution in [1.82, 2.24) is 10.4 Å². The fraction of sp³-hybridized carbons (Fsp3) is 0.625. The molecule has 0 aliphatic carbocycles. The number of aryl methyl sites for hydroxylation is 1. The number of nitrogens with zero attached hydrogens (tertiary/aromatic N) is 1. The highest BCUT2D eigenvalue weighted by Gasteiger charge is 2.34. The fourth-order valence-corrected chi connectivity index (χ4v) is 2.86. The van der Waals surface area contributed by atoms with Gasteiger partial charge in [0.15, 0.2) is 0 Å². The molecule has 0 bridgehead atoms. The van der Waals surface area contributed by atoms with Gasteiger partial charge in [-0.3, -0.25) is 5.43 Å². The minimum atomic E-state index is -0.356. The van der Waals surface area contributed by atoms with E-state index in [1.54, 1.807) is 7.11 Å². The maximum atomic E-state index is 12.4. The molecule has 118 valence electrons. The molecule has 21 heavy (non-hydrogen) atoms. The molecule has 1 aromatic rings. The first-order valence-electron chi connectivity index (χ1n) is 7.55. The number of rotatable bonds is 9. The molecule has 0 amide bonds. The molecule has 5 heteroatoms. The van der Waals surface area contributed by atoms with Crippen molar-refractivity contribution in [3.05, 3.63) is 35.9 Å². The van der Waals surface area contributed by atoms with Crippen molar-refractivity contribution in [2.75, 3.05) is 33.7 Å². The molecule has 2 atom stereocenters. The molecular formula is C16H25FN2O2. The van der Waals surface area contributed by atoms with E-state index in [0.717, 1.165) is 25.8 Å². The van der Waals surface area contributed by atoms with E-state index in [1.165, 1.54) is 5.56 Å². The lowest BCUT2D eigenvalue weighted by atomic mass is 10.0. The zero-order chi connectivity index (χ0) is 14.9. The highest BCUT2D eigenvalue weighted by Crippen LogP contribution is 2.23. The second kappa shape index (κ2) is 9.10. The summed E-state index contributed by atoms with van der Waals surface area (Å²) in [6.45, 7) is 1.20. The van der Waals surface area contributed by atoms with Gasteiger partial charge in [0.05, 0.1) is 12.1 Å². The van der Waals surface area contributed by atoms with E-state index >= 15 is 0 Å². The van der Waals surface area contributed by atoms with E-state index in [-0.39, 0.29) is 18.8 Å². The van der Waals surface area contributed by atoms with Crippen LogP contribution in [-0.2, 0) is 15.9 Å². The maximum Gasteiger partial charge on any atom is 0.146 e. The number of hydrogen-bond acceptors (Lipinski definition) is 4. The lowest BCUT2D eigenvalue weighted by Crippen LogP contribution is -2.46. The van der Waals surface area contributed by atoms with Crippen LogP contribution in [0.2, 0.25) is 0 Å². The van der Waals surface area contributed by atoms with Crippen molar-refractivity contribution in [3.63, 3.8) is 0 Å². The van der Waals surface area contributed by atoms with E-state index in [9.17, 15) is 4.39 Å². The van der Waals surface area contributed by atoms with Gasteiger partial charge in [-0.25, -0.2) is 9.40 Å². The first kappa shape index (κ1) is 16.4. The molecular weight excluding hydrogens is 271 g/mol. The summed E-state index contributed by atoms with van der Waals surface area (Å²) in [7, 11) is 1.63. The van der Waals surface area contributed by atoms with Gasteiger partial charge in [-0.05, 0) is 24.8 Å². The summed E-state index contributed by atoms with van der Waals surface area (Å²) in [6.07, 6.45) is 3.06. The highest BCUT2D eigenvalue weighted by molar-refractivity contribution is 5.15. The average molecular weight is 296 g/mol. The molecule has 1 fully saturated rings. The molecule has 1 aliphatic rings. The van der Waals surface area contributed by atoms with Gasteiger partial charge in [0.25, 0.3) is 0 Å². The van der Waals surface area contributed by atoms with Gasteiger partial charge >= 0.3 is 0 Å². The molecule has 1 saturated heterocycles. The summed E-state index contributed by atoms with van der Waals surface area (Å²) in [6, 6.07) is 10.7. The molecule has 1 aliphatic heterocycles. The Kier molecular flexibility index (Phi) is 7.09. The van der Waals surface area contributed by atoms with Gasteiger partial charge in [0.2, 0.25) is 0 Å². The van der Waals surface area contributed by atoms with Gasteiger partial charge in [-0.1, -0.05) is 30.3 Å². The zero-order valence-electron chi connectivity index (χ0n) is 12.6. The second-order valence-electron chi connectivity index (χ2n) is 5.28. The Morgan fingerprint density at radius 3 is 2.86 bits per heavy atom. The third-order valence-corrected chi connectivity index (χ3v) is 3.86. The van der Waals surface area contributed by atoms with Crippen molar-refractivity contribution in [3.8, 4) is 0 Å². The van der Waals surface area contributed by atoms with Crippen molar-refractivity contribution in [2.45, 2.75) is 31.4 Å². The van der Waals surface area contributed by atoms with Crippen LogP contribution >= 0.6 is 0 Å². The minimum absolute atomic E-state index is 0.140. The van der Waals surface area contributed by atoms with Gasteiger partial charge < -0.3 is 9.47 Å². The number of hydrogen-bond donors (Lipinski definition) is 1. The number of ether oxygens (including phenoxy) is 2. The minimum Gasteiger partial charge on any atom is -0.359 e. The Bertz CT molecular complexity index is 375. The Morgan fingerprint density at radius 2 is 2.14 bits per heavy atom. The van der Waals surface area contributed by atoms with E-state index in [1.807, 2.05) is 6.07 Å². The third-order valence-electron chi connectivity index (χ3n) is 3.86. The molecule has 0 spiro atoms. The summed E-state index contributed by atoms with van der Waals surface area (Å²) >= 11 is 0. The highest BCUT2D eigenvalue weighted by atomic mass is 19.1. The van der Waals surface area contributed by atoms with Crippen molar-refractivity contribution in [2.24, 2.45) is 0 Å². The summed E-state index contributed by atoms with van der Waals surface area (Å²) in [4.78, 5) is 0. The molecule has 0 saturated carbocycles. The molecule has 0 radical (unpaired) electrons. The standard InChI is InChI=1S/C16H25FN2O2/c1-20-13-21-16-9-12-19(18-11-10-17)15(16)8-7-14-5-3-2-4-6-14/h2-6,15-16,18H,7-13H2,1H3. The topological polar surface area (TPSA) is 33.7 Å². The molecule has 1 heterocycles. The number of alkyl halides is 1. The second-order valence-corrected chi connectivity index (χ2v) is 5.28. The van der Waals surface area contributed by atoms with Gasteiger partial charge in [-0.15, -0.1) is 0 Å². The van der Waals surface area contributed by atoms with Crippen LogP contribution in [0.4, 0.5) is 4.39 Å². The predicted molar refractivity (Wildman–Crippen MR) is 80.6 cm³/mol. The molecule has 0 aromatic heterocycles. The number of halogens is 1. The van der Waals surface area contributed by atoms with Gasteiger partial charge in [0, 0.05) is 20.2 Å². The van der Waals surface area contributed by atoms with E-state index in [4.69, 9.17) is 9.47 Å². The van der Waals surface area contributed by atoms with Gasteiger partial charge in [-0.2, -0.15) is 0 Å². The van der Waals surface area contributed by atoms with Crippen molar-refractivity contribution in [1.29, 1.82) is 0 Å². The summed E-state index contributed by atoms with van der Waals surface area (Å²) in [5.74, 6) is 0. The van der Waals surface area contributed by atoms with Crippen LogP contribution in [0.1, 0.15) is 18.4 Å². The Labute approximate surface area is 126 Å². The first-order chi connectivity index (χ1) is 10.3. The Balaban J connectivity index is 1.90. The van der Waals surface area contributed by atoms with Crippen LogP contribution in [0.3, 0.4) is 0 Å². The quantitative estimate of drug-likeness (QED) is 0.708. The summed E-state index contributed by atoms with van der Waals surface area (Å²) in [5, 5.41) is 2.13. The Morgan fingerprint density at radius 1 is 1.33 bits per heavy atom. The van der Waals surface area contributed by atoms with Crippen LogP contribution < -0.4 is 5.43 Å². The van der Waals surface area contributed by atoms with Crippen LogP contribution in [0.15, 0.2) is 30.3 Å². The third kappa shape index (κ3) is 5.04. The van der Waals surface area contributed by atoms with E-state index in [2.05, 4.69) is 34.7 Å². The first-order valence-corrected chi connectivity index (χ1v) is 7.55. The smallest absolute Gasteiger partial charge is 0.146 e. The molecule has 1 aromatic carbocycles.